The minimum Gasteiger partial charge on any atom is -0.385 e. The average molecular weight is 325 g/mol. The van der Waals surface area contributed by atoms with Crippen molar-refractivity contribution >= 4 is 43.8 Å². The molecule has 0 spiro atoms. The van der Waals surface area contributed by atoms with Crippen LogP contribution in [0.5, 0.6) is 0 Å². The van der Waals surface area contributed by atoms with Crippen LogP contribution in [-0.2, 0) is 10.0 Å². The molecule has 0 radical (unpaired) electrons. The lowest BCUT2D eigenvalue weighted by molar-refractivity contribution is -0.383. The second-order valence-corrected chi connectivity index (χ2v) is 8.95. The van der Waals surface area contributed by atoms with Crippen molar-refractivity contribution in [1.29, 1.82) is 0 Å². The van der Waals surface area contributed by atoms with E-state index in [1.165, 1.54) is 11.8 Å². The molecule has 0 aliphatic carbocycles. The first-order valence-corrected chi connectivity index (χ1v) is 8.70. The van der Waals surface area contributed by atoms with Crippen LogP contribution < -0.4 is 10.5 Å². The Morgan fingerprint density at radius 1 is 1.58 bits per heavy atom. The lowest BCUT2D eigenvalue weighted by atomic mass is 10.2. The maximum absolute atomic E-state index is 12.0. The zero-order valence-electron chi connectivity index (χ0n) is 10.7. The van der Waals surface area contributed by atoms with Gasteiger partial charge < -0.3 is 5.73 Å². The van der Waals surface area contributed by atoms with Gasteiger partial charge in [0, 0.05) is 17.4 Å². The molecule has 0 fully saturated rings. The Morgan fingerprint density at radius 3 is 2.58 bits per heavy atom. The molecule has 0 bridgehead atoms. The predicted molar refractivity (Wildman–Crippen MR) is 78.2 cm³/mol. The van der Waals surface area contributed by atoms with Crippen molar-refractivity contribution in [1.82, 2.24) is 4.72 Å². The van der Waals surface area contributed by atoms with Crippen LogP contribution in [-0.4, -0.2) is 30.9 Å². The number of nitrogens with one attached hydrogen (secondary N) is 1. The van der Waals surface area contributed by atoms with Crippen LogP contribution >= 0.6 is 23.1 Å². The molecule has 0 atom stereocenters. The number of nitrogen functional groups attached to an aromatic ring is 1. The van der Waals surface area contributed by atoms with Crippen LogP contribution in [0.4, 0.5) is 10.7 Å². The zero-order chi connectivity index (χ0) is 14.8. The molecule has 0 aliphatic heterocycles. The van der Waals surface area contributed by atoms with E-state index in [2.05, 4.69) is 4.72 Å². The fourth-order valence-electron chi connectivity index (χ4n) is 1.06. The molecule has 7 nitrogen and oxygen atoms in total. The van der Waals surface area contributed by atoms with Crippen LogP contribution in [0, 0.1) is 10.1 Å². The third-order valence-electron chi connectivity index (χ3n) is 2.42. The highest BCUT2D eigenvalue weighted by molar-refractivity contribution is 8.00. The van der Waals surface area contributed by atoms with Gasteiger partial charge in [0.15, 0.2) is 5.00 Å². The number of anilines is 1. The van der Waals surface area contributed by atoms with E-state index in [0.29, 0.717) is 11.3 Å². The highest BCUT2D eigenvalue weighted by atomic mass is 32.2. The Morgan fingerprint density at radius 2 is 2.16 bits per heavy atom. The van der Waals surface area contributed by atoms with Crippen molar-refractivity contribution in [2.45, 2.75) is 22.8 Å². The number of thioether (sulfide) groups is 1. The number of nitrogens with two attached hydrogens (primary N) is 1. The first kappa shape index (κ1) is 16.2. The van der Waals surface area contributed by atoms with Gasteiger partial charge in [0.05, 0.1) is 4.92 Å². The molecule has 10 heteroatoms. The van der Waals surface area contributed by atoms with Gasteiger partial charge in [-0.15, -0.1) is 0 Å². The maximum Gasteiger partial charge on any atom is 0.304 e. The minimum atomic E-state index is -3.77. The van der Waals surface area contributed by atoms with Gasteiger partial charge in [-0.2, -0.15) is 11.8 Å². The molecular weight excluding hydrogens is 310 g/mol. The third-order valence-corrected chi connectivity index (χ3v) is 6.50. The molecule has 1 aromatic heterocycles. The van der Waals surface area contributed by atoms with Gasteiger partial charge in [-0.1, -0.05) is 11.3 Å². The number of thiophene rings is 1. The molecule has 3 N–H and O–H groups in total. The number of sulfonamides is 1. The molecule has 0 saturated carbocycles. The molecule has 108 valence electrons. The number of nitrogens with zero attached hydrogens (tertiary/aromatic N) is 1. The molecule has 0 aromatic carbocycles. The summed E-state index contributed by atoms with van der Waals surface area (Å²) >= 11 is 2.21. The molecule has 1 rings (SSSR count). The largest absolute Gasteiger partial charge is 0.385 e. The van der Waals surface area contributed by atoms with Gasteiger partial charge in [0.2, 0.25) is 10.0 Å². The Labute approximate surface area is 119 Å². The number of hydrogen-bond acceptors (Lipinski definition) is 7. The second-order valence-electron chi connectivity index (χ2n) is 4.36. The lowest BCUT2D eigenvalue weighted by Gasteiger charge is -2.21. The summed E-state index contributed by atoms with van der Waals surface area (Å²) in [5.74, 6) is 0. The minimum absolute atomic E-state index is 0.116. The fourth-order valence-corrected chi connectivity index (χ4v) is 3.84. The Hall–Kier alpha value is -0.840. The highest BCUT2D eigenvalue weighted by Gasteiger charge is 2.26. The third kappa shape index (κ3) is 4.06. The molecule has 0 saturated heterocycles. The first-order valence-electron chi connectivity index (χ1n) is 5.17. The summed E-state index contributed by atoms with van der Waals surface area (Å²) in [4.78, 5) is 9.94. The standard InChI is InChI=1S/C9H15N3O4S3/c1-9(2,17-3)5-11-19(15,16)7-4-6(12(13)14)8(10)18-7/h4,11H,5,10H2,1-3H3. The van der Waals surface area contributed by atoms with Crippen LogP contribution in [0.25, 0.3) is 0 Å². The van der Waals surface area contributed by atoms with Gasteiger partial charge in [0.1, 0.15) is 4.21 Å². The summed E-state index contributed by atoms with van der Waals surface area (Å²) in [6.07, 6.45) is 1.88. The van der Waals surface area contributed by atoms with E-state index in [-0.39, 0.29) is 26.2 Å². The summed E-state index contributed by atoms with van der Waals surface area (Å²) in [7, 11) is -3.77. The number of nitro groups is 1. The average Bonchev–Trinajstić information content (AvgIpc) is 2.70. The Bertz CT molecular complexity index is 580. The lowest BCUT2D eigenvalue weighted by Crippen LogP contribution is -2.35. The summed E-state index contributed by atoms with van der Waals surface area (Å²) in [5, 5.41) is 10.5. The van der Waals surface area contributed by atoms with Gasteiger partial charge in [-0.25, -0.2) is 13.1 Å². The normalized spacial score (nSPS) is 12.6. The Balaban J connectivity index is 2.96. The van der Waals surface area contributed by atoms with E-state index < -0.39 is 14.9 Å². The molecule has 1 heterocycles. The molecular formula is C9H15N3O4S3. The molecule has 0 unspecified atom stereocenters. The van der Waals surface area contributed by atoms with Gasteiger partial charge in [-0.3, -0.25) is 10.1 Å². The summed E-state index contributed by atoms with van der Waals surface area (Å²) in [6.45, 7) is 4.01. The predicted octanol–water partition coefficient (Wildman–Crippen LogP) is 1.66. The Kier molecular flexibility index (Phi) is 4.82. The summed E-state index contributed by atoms with van der Waals surface area (Å²) < 4.78 is 26.0. The molecule has 0 aliphatic rings. The van der Waals surface area contributed by atoms with Crippen molar-refractivity contribution in [3.63, 3.8) is 0 Å². The van der Waals surface area contributed by atoms with Crippen LogP contribution in [0.2, 0.25) is 0 Å². The van der Waals surface area contributed by atoms with Gasteiger partial charge >= 0.3 is 5.69 Å². The number of hydrogen-bond donors (Lipinski definition) is 2. The summed E-state index contributed by atoms with van der Waals surface area (Å²) in [6, 6.07) is 0.981. The monoisotopic (exact) mass is 325 g/mol. The van der Waals surface area contributed by atoms with Crippen LogP contribution in [0.1, 0.15) is 13.8 Å². The van der Waals surface area contributed by atoms with Crippen molar-refractivity contribution in [2.75, 3.05) is 18.5 Å². The molecule has 1 aromatic rings. The van der Waals surface area contributed by atoms with E-state index in [0.717, 1.165) is 6.07 Å². The first-order chi connectivity index (χ1) is 8.59. The van der Waals surface area contributed by atoms with E-state index in [1.807, 2.05) is 20.1 Å². The SMILES string of the molecule is CSC(C)(C)CNS(=O)(=O)c1cc([N+](=O)[O-])c(N)s1. The molecule has 19 heavy (non-hydrogen) atoms. The zero-order valence-corrected chi connectivity index (χ0v) is 13.1. The van der Waals surface area contributed by atoms with E-state index in [4.69, 9.17) is 5.73 Å². The van der Waals surface area contributed by atoms with Crippen molar-refractivity contribution in [2.24, 2.45) is 0 Å². The fraction of sp³-hybridized carbons (Fsp3) is 0.556. The molecule has 0 amide bonds. The number of rotatable bonds is 6. The maximum atomic E-state index is 12.0. The highest BCUT2D eigenvalue weighted by Crippen LogP contribution is 2.34. The second kappa shape index (κ2) is 5.65. The van der Waals surface area contributed by atoms with E-state index in [9.17, 15) is 18.5 Å². The van der Waals surface area contributed by atoms with Gasteiger partial charge in [0.25, 0.3) is 0 Å². The van der Waals surface area contributed by atoms with Crippen molar-refractivity contribution in [3.8, 4) is 0 Å². The smallest absolute Gasteiger partial charge is 0.304 e. The van der Waals surface area contributed by atoms with Gasteiger partial charge in [-0.05, 0) is 20.1 Å². The van der Waals surface area contributed by atoms with Crippen LogP contribution in [0.15, 0.2) is 10.3 Å². The van der Waals surface area contributed by atoms with Crippen molar-refractivity contribution in [3.05, 3.63) is 16.2 Å². The quantitative estimate of drug-likeness (QED) is 0.607. The van der Waals surface area contributed by atoms with E-state index in [1.54, 1.807) is 0 Å². The van der Waals surface area contributed by atoms with E-state index >= 15 is 0 Å². The van der Waals surface area contributed by atoms with Crippen molar-refractivity contribution < 1.29 is 13.3 Å². The van der Waals surface area contributed by atoms with Crippen LogP contribution in [0.3, 0.4) is 0 Å². The topological polar surface area (TPSA) is 115 Å². The summed E-state index contributed by atoms with van der Waals surface area (Å²) in [5.41, 5.74) is 5.05.